The van der Waals surface area contributed by atoms with Crippen LogP contribution in [0.2, 0.25) is 0 Å². The van der Waals surface area contributed by atoms with Crippen molar-refractivity contribution in [1.82, 2.24) is 0 Å². The summed E-state index contributed by atoms with van der Waals surface area (Å²) in [6.07, 6.45) is 4.34. The van der Waals surface area contributed by atoms with E-state index in [2.05, 4.69) is 196 Å². The Morgan fingerprint density at radius 3 is 1.48 bits per heavy atom. The monoisotopic (exact) mass is 636 g/mol. The van der Waals surface area contributed by atoms with Crippen LogP contribution >= 0.6 is 0 Å². The molecule has 0 spiro atoms. The highest BCUT2D eigenvalue weighted by Gasteiger charge is 2.18. The van der Waals surface area contributed by atoms with Gasteiger partial charge in [-0.2, -0.15) is 0 Å². The number of rotatable bonds is 5. The molecule has 0 aliphatic carbocycles. The molecule has 0 atom stereocenters. The highest BCUT2D eigenvalue weighted by atomic mass is 14.2. The van der Waals surface area contributed by atoms with Gasteiger partial charge < -0.3 is 0 Å². The predicted octanol–water partition coefficient (Wildman–Crippen LogP) is 14.3. The summed E-state index contributed by atoms with van der Waals surface area (Å²) >= 11 is 0. The van der Waals surface area contributed by atoms with Gasteiger partial charge in [0.25, 0.3) is 0 Å². The Morgan fingerprint density at radius 2 is 0.860 bits per heavy atom. The van der Waals surface area contributed by atoms with Crippen LogP contribution in [0.4, 0.5) is 0 Å². The molecule has 0 radical (unpaired) electrons. The lowest BCUT2D eigenvalue weighted by Gasteiger charge is -2.19. The summed E-state index contributed by atoms with van der Waals surface area (Å²) in [5.74, 6) is 0. The molecule has 0 amide bonds. The fourth-order valence-corrected chi connectivity index (χ4v) is 7.83. The van der Waals surface area contributed by atoms with Crippen LogP contribution in [0.5, 0.6) is 0 Å². The Balaban J connectivity index is 1.29. The molecular formula is C50H36. The van der Waals surface area contributed by atoms with Crippen molar-refractivity contribution in [1.29, 1.82) is 0 Å². The third-order valence-electron chi connectivity index (χ3n) is 10.3. The second kappa shape index (κ2) is 12.3. The van der Waals surface area contributed by atoms with Crippen LogP contribution in [-0.2, 0) is 0 Å². The molecule has 0 bridgehead atoms. The Kier molecular flexibility index (Phi) is 7.37. The van der Waals surface area contributed by atoms with Gasteiger partial charge >= 0.3 is 0 Å². The average Bonchev–Trinajstić information content (AvgIpc) is 3.17. The van der Waals surface area contributed by atoms with Crippen LogP contribution < -0.4 is 0 Å². The van der Waals surface area contributed by atoms with E-state index in [1.807, 2.05) is 0 Å². The highest BCUT2D eigenvalue weighted by molar-refractivity contribution is 6.22. The highest BCUT2D eigenvalue weighted by Crippen LogP contribution is 2.46. The predicted molar refractivity (Wildman–Crippen MR) is 218 cm³/mol. The van der Waals surface area contributed by atoms with E-state index in [0.717, 1.165) is 0 Å². The number of fused-ring (bicyclic) bond motifs is 4. The summed E-state index contributed by atoms with van der Waals surface area (Å²) in [7, 11) is 0. The Hall–Kier alpha value is -6.24. The van der Waals surface area contributed by atoms with Crippen molar-refractivity contribution in [3.8, 4) is 44.5 Å². The van der Waals surface area contributed by atoms with Gasteiger partial charge in [0, 0.05) is 0 Å². The molecule has 0 fully saturated rings. The number of hydrogen-bond acceptors (Lipinski definition) is 0. The first kappa shape index (κ1) is 29.9. The first-order chi connectivity index (χ1) is 24.7. The van der Waals surface area contributed by atoms with E-state index in [0.29, 0.717) is 0 Å². The summed E-state index contributed by atoms with van der Waals surface area (Å²) in [5, 5.41) is 10.1. The first-order valence-electron chi connectivity index (χ1n) is 17.5. The minimum atomic E-state index is 1.21. The maximum atomic E-state index is 2.42. The Labute approximate surface area is 293 Å². The van der Waals surface area contributed by atoms with Crippen LogP contribution in [0.3, 0.4) is 0 Å². The Bertz CT molecular complexity index is 2760. The zero-order valence-electron chi connectivity index (χ0n) is 28.3. The van der Waals surface area contributed by atoms with E-state index in [1.165, 1.54) is 98.7 Å². The lowest BCUT2D eigenvalue weighted by atomic mass is 9.84. The van der Waals surface area contributed by atoms with Crippen LogP contribution in [0.15, 0.2) is 176 Å². The standard InChI is InChI=1S/C50H36/c1-3-11-43-33(2)12-10-19-44(43)37-24-20-36(21-25-37)40-28-29-47-48(32-40)50(42-27-23-35-14-5-7-16-39(35)31-42)46-18-9-8-17-45(46)49(47)41-26-22-34-13-4-6-15-38(34)30-41/h3-32H,1-2H3/b11-3-. The average molecular weight is 637 g/mol. The maximum absolute atomic E-state index is 2.42. The van der Waals surface area contributed by atoms with Gasteiger partial charge in [-0.1, -0.05) is 164 Å². The third-order valence-corrected chi connectivity index (χ3v) is 10.3. The minimum absolute atomic E-state index is 1.21. The Morgan fingerprint density at radius 1 is 0.360 bits per heavy atom. The van der Waals surface area contributed by atoms with Crippen LogP contribution in [-0.4, -0.2) is 0 Å². The van der Waals surface area contributed by atoms with Gasteiger partial charge in [-0.05, 0) is 131 Å². The summed E-state index contributed by atoms with van der Waals surface area (Å²) < 4.78 is 0. The van der Waals surface area contributed by atoms with Crippen molar-refractivity contribution < 1.29 is 0 Å². The van der Waals surface area contributed by atoms with Crippen LogP contribution in [0.1, 0.15) is 18.1 Å². The zero-order chi connectivity index (χ0) is 33.6. The molecule has 0 unspecified atom stereocenters. The molecule has 0 aliphatic rings. The van der Waals surface area contributed by atoms with E-state index in [9.17, 15) is 0 Å². The van der Waals surface area contributed by atoms with Crippen molar-refractivity contribution in [3.63, 3.8) is 0 Å². The molecule has 0 aromatic heterocycles. The van der Waals surface area contributed by atoms with Crippen LogP contribution in [0, 0.1) is 6.92 Å². The van der Waals surface area contributed by atoms with Gasteiger partial charge in [0.2, 0.25) is 0 Å². The molecule has 0 heteroatoms. The fourth-order valence-electron chi connectivity index (χ4n) is 7.83. The van der Waals surface area contributed by atoms with Gasteiger partial charge in [-0.3, -0.25) is 0 Å². The molecular weight excluding hydrogens is 601 g/mol. The van der Waals surface area contributed by atoms with Crippen molar-refractivity contribution in [2.45, 2.75) is 13.8 Å². The molecule has 0 aliphatic heterocycles. The van der Waals surface area contributed by atoms with Crippen molar-refractivity contribution in [3.05, 3.63) is 187 Å². The SMILES string of the molecule is C/C=C\c1c(C)cccc1-c1ccc(-c2ccc3c(-c4ccc5ccccc5c4)c4ccccc4c(-c4ccc5ccccc5c4)c3c2)cc1. The molecule has 0 saturated heterocycles. The molecule has 50 heavy (non-hydrogen) atoms. The van der Waals surface area contributed by atoms with Crippen molar-refractivity contribution in [2.24, 2.45) is 0 Å². The van der Waals surface area contributed by atoms with E-state index in [1.54, 1.807) is 0 Å². The van der Waals surface area contributed by atoms with Gasteiger partial charge in [0.05, 0.1) is 0 Å². The van der Waals surface area contributed by atoms with Crippen molar-refractivity contribution in [2.75, 3.05) is 0 Å². The zero-order valence-corrected chi connectivity index (χ0v) is 28.3. The van der Waals surface area contributed by atoms with Gasteiger partial charge in [-0.15, -0.1) is 0 Å². The van der Waals surface area contributed by atoms with E-state index in [-0.39, 0.29) is 0 Å². The molecule has 236 valence electrons. The number of aryl methyl sites for hydroxylation is 1. The third kappa shape index (κ3) is 5.09. The minimum Gasteiger partial charge on any atom is -0.0870 e. The van der Waals surface area contributed by atoms with E-state index in [4.69, 9.17) is 0 Å². The molecule has 9 aromatic carbocycles. The second-order valence-corrected chi connectivity index (χ2v) is 13.3. The van der Waals surface area contributed by atoms with Gasteiger partial charge in [0.15, 0.2) is 0 Å². The molecule has 9 aromatic rings. The largest absolute Gasteiger partial charge is 0.0870 e. The second-order valence-electron chi connectivity index (χ2n) is 13.3. The normalized spacial score (nSPS) is 11.7. The molecule has 0 heterocycles. The lowest BCUT2D eigenvalue weighted by molar-refractivity contribution is 1.43. The summed E-state index contributed by atoms with van der Waals surface area (Å²) in [6.45, 7) is 4.27. The summed E-state index contributed by atoms with van der Waals surface area (Å²) in [4.78, 5) is 0. The number of allylic oxidation sites excluding steroid dienone is 1. The van der Waals surface area contributed by atoms with Gasteiger partial charge in [0.1, 0.15) is 0 Å². The fraction of sp³-hybridized carbons (Fsp3) is 0.0400. The first-order valence-corrected chi connectivity index (χ1v) is 17.5. The summed E-state index contributed by atoms with van der Waals surface area (Å²) in [5.41, 5.74) is 12.5. The number of hydrogen-bond donors (Lipinski definition) is 0. The van der Waals surface area contributed by atoms with Gasteiger partial charge in [-0.25, -0.2) is 0 Å². The van der Waals surface area contributed by atoms with Crippen molar-refractivity contribution >= 4 is 49.2 Å². The summed E-state index contributed by atoms with van der Waals surface area (Å²) in [6, 6.07) is 62.8. The molecule has 0 saturated carbocycles. The molecule has 0 nitrogen and oxygen atoms in total. The molecule has 0 N–H and O–H groups in total. The lowest BCUT2D eigenvalue weighted by Crippen LogP contribution is -1.92. The topological polar surface area (TPSA) is 0 Å². The smallest absolute Gasteiger partial charge is 0.00259 e. The van der Waals surface area contributed by atoms with E-state index >= 15 is 0 Å². The quantitative estimate of drug-likeness (QED) is 0.165. The van der Waals surface area contributed by atoms with Crippen LogP contribution in [0.25, 0.3) is 93.7 Å². The number of benzene rings is 9. The van der Waals surface area contributed by atoms with E-state index < -0.39 is 0 Å². The molecule has 9 rings (SSSR count). The maximum Gasteiger partial charge on any atom is -0.00259 e.